The van der Waals surface area contributed by atoms with Gasteiger partial charge in [0.1, 0.15) is 5.82 Å². The molecule has 23 heavy (non-hydrogen) atoms. The maximum atomic E-state index is 11.8. The molecule has 1 aliphatic carbocycles. The molecule has 0 bridgehead atoms. The molecule has 3 N–H and O–H groups in total. The van der Waals surface area contributed by atoms with Gasteiger partial charge in [-0.1, -0.05) is 37.1 Å². The number of thioether (sulfide) groups is 1. The van der Waals surface area contributed by atoms with Crippen molar-refractivity contribution < 1.29 is 9.59 Å². The summed E-state index contributed by atoms with van der Waals surface area (Å²) < 4.78 is 2.02. The number of carbonyl (C=O) groups is 2. The average molecular weight is 337 g/mol. The van der Waals surface area contributed by atoms with E-state index in [0.29, 0.717) is 17.6 Å². The maximum absolute atomic E-state index is 11.8. The highest BCUT2D eigenvalue weighted by Crippen LogP contribution is 2.33. The first-order valence-electron chi connectivity index (χ1n) is 7.84. The van der Waals surface area contributed by atoms with Crippen molar-refractivity contribution in [2.75, 3.05) is 0 Å². The number of primary amides is 1. The SMILES string of the molecule is C=CCn1c(SC(C)C(=O)NC(N)=O)nnc1C1CCCCC1. The first kappa shape index (κ1) is 17.5. The number of imide groups is 1. The van der Waals surface area contributed by atoms with Crippen LogP contribution in [-0.2, 0) is 11.3 Å². The molecule has 1 fully saturated rings. The molecule has 3 amide bonds. The number of carbonyl (C=O) groups excluding carboxylic acids is 2. The predicted octanol–water partition coefficient (Wildman–Crippen LogP) is 2.19. The Kier molecular flexibility index (Phi) is 6.20. The van der Waals surface area contributed by atoms with Gasteiger partial charge in [0.15, 0.2) is 5.16 Å². The Balaban J connectivity index is 2.14. The minimum absolute atomic E-state index is 0.417. The summed E-state index contributed by atoms with van der Waals surface area (Å²) in [5, 5.41) is 10.9. The van der Waals surface area contributed by atoms with Gasteiger partial charge in [-0.3, -0.25) is 10.1 Å². The third-order valence-corrected chi connectivity index (χ3v) is 5.01. The monoisotopic (exact) mass is 337 g/mol. The maximum Gasteiger partial charge on any atom is 0.318 e. The van der Waals surface area contributed by atoms with E-state index in [1.165, 1.54) is 31.0 Å². The first-order chi connectivity index (χ1) is 11.0. The van der Waals surface area contributed by atoms with Gasteiger partial charge in [-0.15, -0.1) is 16.8 Å². The summed E-state index contributed by atoms with van der Waals surface area (Å²) >= 11 is 1.27. The fourth-order valence-electron chi connectivity index (χ4n) is 2.79. The number of hydrogen-bond donors (Lipinski definition) is 2. The van der Waals surface area contributed by atoms with Crippen LogP contribution >= 0.6 is 11.8 Å². The second kappa shape index (κ2) is 8.14. The molecule has 1 saturated carbocycles. The Bertz CT molecular complexity index is 580. The molecule has 1 aromatic rings. The van der Waals surface area contributed by atoms with Crippen LogP contribution in [0, 0.1) is 0 Å². The van der Waals surface area contributed by atoms with Crippen LogP contribution < -0.4 is 11.1 Å². The van der Waals surface area contributed by atoms with Crippen molar-refractivity contribution in [2.45, 2.75) is 61.9 Å². The van der Waals surface area contributed by atoms with Crippen molar-refractivity contribution in [2.24, 2.45) is 5.73 Å². The van der Waals surface area contributed by atoms with Gasteiger partial charge in [0, 0.05) is 12.5 Å². The Morgan fingerprint density at radius 1 is 1.43 bits per heavy atom. The first-order valence-corrected chi connectivity index (χ1v) is 8.71. The third kappa shape index (κ3) is 4.57. The minimum Gasteiger partial charge on any atom is -0.351 e. The lowest BCUT2D eigenvalue weighted by atomic mass is 9.89. The lowest BCUT2D eigenvalue weighted by Gasteiger charge is -2.21. The number of nitrogens with zero attached hydrogens (tertiary/aromatic N) is 3. The molecule has 0 radical (unpaired) electrons. The van der Waals surface area contributed by atoms with Crippen molar-refractivity contribution in [3.05, 3.63) is 18.5 Å². The molecule has 0 aromatic carbocycles. The van der Waals surface area contributed by atoms with Crippen molar-refractivity contribution in [3.63, 3.8) is 0 Å². The van der Waals surface area contributed by atoms with E-state index in [0.717, 1.165) is 18.7 Å². The Morgan fingerprint density at radius 3 is 2.74 bits per heavy atom. The van der Waals surface area contributed by atoms with Crippen LogP contribution in [0.1, 0.15) is 50.8 Å². The Labute approximate surface area is 140 Å². The number of nitrogens with one attached hydrogen (secondary N) is 1. The lowest BCUT2D eigenvalue weighted by Crippen LogP contribution is -2.39. The molecule has 2 rings (SSSR count). The van der Waals surface area contributed by atoms with E-state index in [4.69, 9.17) is 5.73 Å². The van der Waals surface area contributed by atoms with E-state index in [9.17, 15) is 9.59 Å². The lowest BCUT2D eigenvalue weighted by molar-refractivity contribution is -0.119. The molecule has 1 unspecified atom stereocenters. The molecule has 7 nitrogen and oxygen atoms in total. The molecule has 0 saturated heterocycles. The molecule has 1 atom stereocenters. The van der Waals surface area contributed by atoms with Crippen molar-refractivity contribution in [1.82, 2.24) is 20.1 Å². The largest absolute Gasteiger partial charge is 0.351 e. The van der Waals surface area contributed by atoms with E-state index in [1.54, 1.807) is 13.0 Å². The zero-order valence-electron chi connectivity index (χ0n) is 13.3. The van der Waals surface area contributed by atoms with Crippen LogP contribution in [0.4, 0.5) is 4.79 Å². The summed E-state index contributed by atoms with van der Waals surface area (Å²) in [4.78, 5) is 22.6. The highest BCUT2D eigenvalue weighted by Gasteiger charge is 2.25. The molecular formula is C15H23N5O2S. The fraction of sp³-hybridized carbons (Fsp3) is 0.600. The summed E-state index contributed by atoms with van der Waals surface area (Å²) in [6, 6.07) is -0.849. The number of rotatable bonds is 6. The number of hydrogen-bond acceptors (Lipinski definition) is 5. The van der Waals surface area contributed by atoms with Gasteiger partial charge < -0.3 is 10.3 Å². The standard InChI is InChI=1S/C15H23N5O2S/c1-3-9-20-12(11-7-5-4-6-8-11)18-19-15(20)23-10(2)13(21)17-14(16)22/h3,10-11H,1,4-9H2,2H3,(H3,16,17,21,22). The highest BCUT2D eigenvalue weighted by molar-refractivity contribution is 8.00. The summed E-state index contributed by atoms with van der Waals surface area (Å²) in [7, 11) is 0. The summed E-state index contributed by atoms with van der Waals surface area (Å²) in [6.07, 6.45) is 7.75. The van der Waals surface area contributed by atoms with E-state index in [2.05, 4.69) is 22.1 Å². The molecule has 0 spiro atoms. The summed E-state index contributed by atoms with van der Waals surface area (Å²) in [6.45, 7) is 6.10. The smallest absolute Gasteiger partial charge is 0.318 e. The topological polar surface area (TPSA) is 103 Å². The molecule has 126 valence electrons. The molecule has 0 aliphatic heterocycles. The second-order valence-corrected chi connectivity index (χ2v) is 7.00. The molecule has 1 heterocycles. The van der Waals surface area contributed by atoms with E-state index in [-0.39, 0.29) is 0 Å². The van der Waals surface area contributed by atoms with Gasteiger partial charge in [0.2, 0.25) is 5.91 Å². The van der Waals surface area contributed by atoms with Gasteiger partial charge in [-0.2, -0.15) is 0 Å². The van der Waals surface area contributed by atoms with Gasteiger partial charge in [0.05, 0.1) is 5.25 Å². The third-order valence-electron chi connectivity index (χ3n) is 3.93. The average Bonchev–Trinajstić information content (AvgIpc) is 2.90. The van der Waals surface area contributed by atoms with Gasteiger partial charge >= 0.3 is 6.03 Å². The number of nitrogens with two attached hydrogens (primary N) is 1. The molecular weight excluding hydrogens is 314 g/mol. The van der Waals surface area contributed by atoms with Crippen LogP contribution in [0.15, 0.2) is 17.8 Å². The van der Waals surface area contributed by atoms with Crippen LogP contribution in [0.2, 0.25) is 0 Å². The number of amides is 3. The van der Waals surface area contributed by atoms with E-state index in [1.807, 2.05) is 4.57 Å². The molecule has 1 aromatic heterocycles. The Morgan fingerprint density at radius 2 is 2.13 bits per heavy atom. The number of urea groups is 1. The zero-order chi connectivity index (χ0) is 16.8. The zero-order valence-corrected chi connectivity index (χ0v) is 14.1. The van der Waals surface area contributed by atoms with Crippen LogP contribution in [0.25, 0.3) is 0 Å². The second-order valence-electron chi connectivity index (χ2n) is 5.69. The fourth-order valence-corrected chi connectivity index (χ4v) is 3.65. The van der Waals surface area contributed by atoms with E-state index < -0.39 is 17.2 Å². The van der Waals surface area contributed by atoms with Crippen molar-refractivity contribution in [1.29, 1.82) is 0 Å². The quantitative estimate of drug-likeness (QED) is 0.612. The minimum atomic E-state index is -0.849. The van der Waals surface area contributed by atoms with Crippen LogP contribution in [0.3, 0.4) is 0 Å². The Hall–Kier alpha value is -1.83. The number of allylic oxidation sites excluding steroid dienone is 1. The van der Waals surface area contributed by atoms with Gasteiger partial charge in [-0.25, -0.2) is 4.79 Å². The van der Waals surface area contributed by atoms with Crippen LogP contribution in [-0.4, -0.2) is 32.0 Å². The molecule has 1 aliphatic rings. The predicted molar refractivity (Wildman–Crippen MR) is 89.1 cm³/mol. The summed E-state index contributed by atoms with van der Waals surface area (Å²) in [5.41, 5.74) is 4.98. The van der Waals surface area contributed by atoms with E-state index >= 15 is 0 Å². The van der Waals surface area contributed by atoms with Crippen molar-refractivity contribution >= 4 is 23.7 Å². The summed E-state index contributed by atoms with van der Waals surface area (Å²) in [5.74, 6) is 0.949. The number of aromatic nitrogens is 3. The normalized spacial score (nSPS) is 16.7. The highest BCUT2D eigenvalue weighted by atomic mass is 32.2. The van der Waals surface area contributed by atoms with Gasteiger partial charge in [0.25, 0.3) is 0 Å². The van der Waals surface area contributed by atoms with Crippen LogP contribution in [0.5, 0.6) is 0 Å². The molecule has 8 heteroatoms. The van der Waals surface area contributed by atoms with Gasteiger partial charge in [-0.05, 0) is 19.8 Å². The van der Waals surface area contributed by atoms with Crippen molar-refractivity contribution in [3.8, 4) is 0 Å².